The van der Waals surface area contributed by atoms with Gasteiger partial charge in [0.15, 0.2) is 0 Å². The first-order valence-corrected chi connectivity index (χ1v) is 6.80. The second kappa shape index (κ2) is 6.77. The summed E-state index contributed by atoms with van der Waals surface area (Å²) in [6.45, 7) is 0.748. The highest BCUT2D eigenvalue weighted by molar-refractivity contribution is 5.14. The highest BCUT2D eigenvalue weighted by Gasteiger charge is 2.15. The third kappa shape index (κ3) is 4.49. The molecule has 1 saturated carbocycles. The molecular formula is C15H23NO. The van der Waals surface area contributed by atoms with E-state index in [1.807, 2.05) is 6.07 Å². The van der Waals surface area contributed by atoms with Crippen LogP contribution in [-0.4, -0.2) is 23.8 Å². The van der Waals surface area contributed by atoms with Crippen LogP contribution in [0.25, 0.3) is 0 Å². The summed E-state index contributed by atoms with van der Waals surface area (Å²) in [6, 6.07) is 11.0. The van der Waals surface area contributed by atoms with Crippen LogP contribution < -0.4 is 5.32 Å². The zero-order valence-electron chi connectivity index (χ0n) is 10.4. The first kappa shape index (κ1) is 12.6. The Morgan fingerprint density at radius 3 is 2.59 bits per heavy atom. The van der Waals surface area contributed by atoms with Crippen molar-refractivity contribution in [3.63, 3.8) is 0 Å². The van der Waals surface area contributed by atoms with Gasteiger partial charge in [-0.1, -0.05) is 43.2 Å². The van der Waals surface area contributed by atoms with Gasteiger partial charge in [0.05, 0.1) is 6.10 Å². The van der Waals surface area contributed by atoms with Crippen molar-refractivity contribution in [1.82, 2.24) is 5.32 Å². The summed E-state index contributed by atoms with van der Waals surface area (Å²) >= 11 is 0. The molecule has 1 atom stereocenters. The van der Waals surface area contributed by atoms with E-state index in [-0.39, 0.29) is 6.10 Å². The summed E-state index contributed by atoms with van der Waals surface area (Å²) in [6.07, 6.45) is 6.86. The van der Waals surface area contributed by atoms with Crippen molar-refractivity contribution in [3.05, 3.63) is 35.9 Å². The van der Waals surface area contributed by atoms with Crippen LogP contribution in [0, 0.1) is 0 Å². The van der Waals surface area contributed by atoms with Crippen molar-refractivity contribution in [2.75, 3.05) is 6.54 Å². The molecule has 2 nitrogen and oxygen atoms in total. The van der Waals surface area contributed by atoms with Crippen molar-refractivity contribution in [1.29, 1.82) is 0 Å². The van der Waals surface area contributed by atoms with E-state index >= 15 is 0 Å². The molecule has 0 heterocycles. The fraction of sp³-hybridized carbons (Fsp3) is 0.600. The van der Waals surface area contributed by atoms with E-state index in [1.54, 1.807) is 0 Å². The van der Waals surface area contributed by atoms with Gasteiger partial charge in [-0.3, -0.25) is 0 Å². The van der Waals surface area contributed by atoms with E-state index in [9.17, 15) is 5.11 Å². The van der Waals surface area contributed by atoms with Crippen molar-refractivity contribution < 1.29 is 5.11 Å². The molecule has 0 aromatic heterocycles. The van der Waals surface area contributed by atoms with Crippen molar-refractivity contribution >= 4 is 0 Å². The van der Waals surface area contributed by atoms with E-state index in [0.717, 1.165) is 19.4 Å². The lowest BCUT2D eigenvalue weighted by molar-refractivity contribution is 0.157. The maximum absolute atomic E-state index is 9.91. The van der Waals surface area contributed by atoms with E-state index < -0.39 is 0 Å². The highest BCUT2D eigenvalue weighted by Crippen LogP contribution is 2.17. The third-order valence-corrected chi connectivity index (χ3v) is 3.61. The molecule has 1 aliphatic carbocycles. The molecule has 0 amide bonds. The molecule has 2 rings (SSSR count). The molecule has 0 saturated heterocycles. The van der Waals surface area contributed by atoms with Crippen LogP contribution in [0.4, 0.5) is 0 Å². The van der Waals surface area contributed by atoms with Gasteiger partial charge in [0.2, 0.25) is 0 Å². The summed E-state index contributed by atoms with van der Waals surface area (Å²) in [5, 5.41) is 13.4. The summed E-state index contributed by atoms with van der Waals surface area (Å²) < 4.78 is 0. The molecule has 1 fully saturated rings. The number of aliphatic hydroxyl groups is 1. The minimum atomic E-state index is -0.212. The molecule has 0 bridgehead atoms. The Morgan fingerprint density at radius 1 is 1.18 bits per heavy atom. The van der Waals surface area contributed by atoms with Gasteiger partial charge >= 0.3 is 0 Å². The van der Waals surface area contributed by atoms with E-state index in [1.165, 1.54) is 31.2 Å². The monoisotopic (exact) mass is 233 g/mol. The minimum Gasteiger partial charge on any atom is -0.392 e. The second-order valence-electron chi connectivity index (χ2n) is 5.07. The first-order chi connectivity index (χ1) is 8.34. The Morgan fingerprint density at radius 2 is 1.88 bits per heavy atom. The molecule has 1 aliphatic rings. The molecule has 1 aromatic carbocycles. The smallest absolute Gasteiger partial charge is 0.0667 e. The fourth-order valence-electron chi connectivity index (χ4n) is 2.51. The number of benzene rings is 1. The number of nitrogens with one attached hydrogen (secondary N) is 1. The summed E-state index contributed by atoms with van der Waals surface area (Å²) in [4.78, 5) is 0. The number of aryl methyl sites for hydroxylation is 1. The number of hydrogen-bond acceptors (Lipinski definition) is 2. The standard InChI is InChI=1S/C15H23NO/c17-15(12-16-14-8-4-5-9-14)11-10-13-6-2-1-3-7-13/h1-3,6-7,14-17H,4-5,8-12H2. The number of rotatable bonds is 6. The van der Waals surface area contributed by atoms with Gasteiger partial charge in [-0.15, -0.1) is 0 Å². The van der Waals surface area contributed by atoms with Crippen LogP contribution in [0.3, 0.4) is 0 Å². The summed E-state index contributed by atoms with van der Waals surface area (Å²) in [5.74, 6) is 0. The number of aliphatic hydroxyl groups excluding tert-OH is 1. The molecule has 1 aromatic rings. The fourth-order valence-corrected chi connectivity index (χ4v) is 2.51. The van der Waals surface area contributed by atoms with Crippen LogP contribution >= 0.6 is 0 Å². The molecule has 2 heteroatoms. The Kier molecular flexibility index (Phi) is 5.02. The average molecular weight is 233 g/mol. The normalized spacial score (nSPS) is 18.4. The Bertz CT molecular complexity index is 306. The Labute approximate surface area is 104 Å². The first-order valence-electron chi connectivity index (χ1n) is 6.80. The maximum atomic E-state index is 9.91. The van der Waals surface area contributed by atoms with Crippen molar-refractivity contribution in [2.24, 2.45) is 0 Å². The molecule has 94 valence electrons. The van der Waals surface area contributed by atoms with Gasteiger partial charge in [0.25, 0.3) is 0 Å². The van der Waals surface area contributed by atoms with Crippen molar-refractivity contribution in [3.8, 4) is 0 Å². The molecule has 0 aliphatic heterocycles. The maximum Gasteiger partial charge on any atom is 0.0667 e. The van der Waals surface area contributed by atoms with Crippen LogP contribution in [0.15, 0.2) is 30.3 Å². The predicted octanol–water partition coefficient (Wildman–Crippen LogP) is 2.51. The SMILES string of the molecule is OC(CCc1ccccc1)CNC1CCCC1. The van der Waals surface area contributed by atoms with E-state index in [0.29, 0.717) is 6.04 Å². The van der Waals surface area contributed by atoms with Gasteiger partial charge in [-0.25, -0.2) is 0 Å². The lowest BCUT2D eigenvalue weighted by Crippen LogP contribution is -2.34. The van der Waals surface area contributed by atoms with Gasteiger partial charge in [0.1, 0.15) is 0 Å². The van der Waals surface area contributed by atoms with Crippen LogP contribution in [-0.2, 0) is 6.42 Å². The molecular weight excluding hydrogens is 210 g/mol. The lowest BCUT2D eigenvalue weighted by atomic mass is 10.1. The van der Waals surface area contributed by atoms with E-state index in [2.05, 4.69) is 29.6 Å². The van der Waals surface area contributed by atoms with E-state index in [4.69, 9.17) is 0 Å². The van der Waals surface area contributed by atoms with Gasteiger partial charge in [0, 0.05) is 12.6 Å². The second-order valence-corrected chi connectivity index (χ2v) is 5.07. The zero-order valence-corrected chi connectivity index (χ0v) is 10.4. The van der Waals surface area contributed by atoms with Crippen LogP contribution in [0.5, 0.6) is 0 Å². The zero-order chi connectivity index (χ0) is 11.9. The topological polar surface area (TPSA) is 32.3 Å². The average Bonchev–Trinajstić information content (AvgIpc) is 2.88. The number of hydrogen-bond donors (Lipinski definition) is 2. The van der Waals surface area contributed by atoms with Gasteiger partial charge in [-0.2, -0.15) is 0 Å². The Balaban J connectivity index is 1.62. The molecule has 17 heavy (non-hydrogen) atoms. The van der Waals surface area contributed by atoms with Crippen molar-refractivity contribution in [2.45, 2.75) is 50.7 Å². The quantitative estimate of drug-likeness (QED) is 0.791. The summed E-state index contributed by atoms with van der Waals surface area (Å²) in [5.41, 5.74) is 1.31. The predicted molar refractivity (Wildman–Crippen MR) is 71.0 cm³/mol. The Hall–Kier alpha value is -0.860. The van der Waals surface area contributed by atoms with Gasteiger partial charge < -0.3 is 10.4 Å². The summed E-state index contributed by atoms with van der Waals surface area (Å²) in [7, 11) is 0. The van der Waals surface area contributed by atoms with Gasteiger partial charge in [-0.05, 0) is 31.2 Å². The van der Waals surface area contributed by atoms with Crippen LogP contribution in [0.2, 0.25) is 0 Å². The van der Waals surface area contributed by atoms with Crippen LogP contribution in [0.1, 0.15) is 37.7 Å². The lowest BCUT2D eigenvalue weighted by Gasteiger charge is -2.16. The molecule has 0 spiro atoms. The largest absolute Gasteiger partial charge is 0.392 e. The minimum absolute atomic E-state index is 0.212. The molecule has 1 unspecified atom stereocenters. The highest BCUT2D eigenvalue weighted by atomic mass is 16.3. The molecule has 2 N–H and O–H groups in total. The third-order valence-electron chi connectivity index (χ3n) is 3.61. The molecule has 0 radical (unpaired) electrons.